The number of nitrogens with zero attached hydrogens (tertiary/aromatic N) is 1. The maximum atomic E-state index is 14.6. The zero-order valence-electron chi connectivity index (χ0n) is 41.9. The Morgan fingerprint density at radius 2 is 1.65 bits per heavy atom. The van der Waals surface area contributed by atoms with E-state index in [2.05, 4.69) is 18.0 Å². The predicted octanol–water partition coefficient (Wildman–Crippen LogP) is 7.09. The van der Waals surface area contributed by atoms with Gasteiger partial charge in [-0.2, -0.15) is 0 Å². The number of carbonyl (C=O) groups excluding carboxylic acids is 4. The zero-order valence-corrected chi connectivity index (χ0v) is 41.9. The molecule has 2 aromatic rings. The Labute approximate surface area is 402 Å². The Morgan fingerprint density at radius 3 is 2.32 bits per heavy atom. The Balaban J connectivity index is 1.29. The number of H-pyrrole nitrogens is 1. The molecule has 1 aliphatic carbocycles. The summed E-state index contributed by atoms with van der Waals surface area (Å²) in [5.74, 6) is -6.94. The first kappa shape index (κ1) is 53.4. The number of ether oxygens (including phenoxy) is 6. The Kier molecular flexibility index (Phi) is 18.3. The molecule has 4 aliphatic rings. The van der Waals surface area contributed by atoms with E-state index in [1.165, 1.54) is 19.1 Å². The lowest BCUT2D eigenvalue weighted by molar-refractivity contribution is -0.302. The van der Waals surface area contributed by atoms with Crippen LogP contribution in [0.1, 0.15) is 131 Å². The van der Waals surface area contributed by atoms with E-state index in [0.29, 0.717) is 56.3 Å². The minimum Gasteiger partial charge on any atom is -0.488 e. The van der Waals surface area contributed by atoms with E-state index >= 15 is 0 Å². The molecule has 1 aromatic carbocycles. The fourth-order valence-corrected chi connectivity index (χ4v) is 11.1. The average molecular weight is 951 g/mol. The molecule has 1 aromatic heterocycles. The summed E-state index contributed by atoms with van der Waals surface area (Å²) in [6.07, 6.45) is 3.62. The van der Waals surface area contributed by atoms with Crippen molar-refractivity contribution in [3.8, 4) is 5.75 Å². The molecule has 0 spiro atoms. The molecule has 6 rings (SSSR count). The smallest absolute Gasteiger partial charge is 0.329 e. The van der Waals surface area contributed by atoms with Crippen LogP contribution in [0.4, 0.5) is 0 Å². The van der Waals surface area contributed by atoms with Gasteiger partial charge in [-0.1, -0.05) is 45.4 Å². The fourth-order valence-electron chi connectivity index (χ4n) is 11.1. The topological polar surface area (TPSA) is 203 Å². The van der Waals surface area contributed by atoms with Crippen LogP contribution in [0.2, 0.25) is 0 Å². The van der Waals surface area contributed by atoms with Crippen molar-refractivity contribution in [2.24, 2.45) is 29.6 Å². The molecule has 4 N–H and O–H groups in total. The van der Waals surface area contributed by atoms with Crippen molar-refractivity contribution >= 4 is 34.3 Å². The van der Waals surface area contributed by atoms with Gasteiger partial charge in [-0.05, 0) is 121 Å². The van der Waals surface area contributed by atoms with Crippen LogP contribution < -0.4 is 4.74 Å². The van der Waals surface area contributed by atoms with E-state index in [9.17, 15) is 34.5 Å². The third-order valence-electron chi connectivity index (χ3n) is 15.2. The van der Waals surface area contributed by atoms with Crippen LogP contribution >= 0.6 is 0 Å². The van der Waals surface area contributed by atoms with Crippen molar-refractivity contribution in [1.82, 2.24) is 9.88 Å². The fraction of sp³-hybridized carbons (Fsp3) is 0.698. The van der Waals surface area contributed by atoms with Crippen LogP contribution in [-0.2, 0) is 42.9 Å². The molecule has 15 heteroatoms. The molecule has 1 saturated carbocycles. The summed E-state index contributed by atoms with van der Waals surface area (Å²) in [6.45, 7) is 13.0. The number of hydrogen-bond acceptors (Lipinski definition) is 13. The number of ketones is 2. The molecule has 378 valence electrons. The molecule has 0 radical (unpaired) electrons. The SMILES string of the molecule is CCC1/C=C(\C)CC(C)CC(OC)C2OC(O)(C(=O)C(=O)N3CCCCC3C(=O)OC(C(C)=CC3CCC(Oc4ccc5cc(C(C)O)[nH]c5c4)C(OC)C3)C(C)C(O)CC1=O)C(C)CC2OC. The van der Waals surface area contributed by atoms with Gasteiger partial charge in [0.2, 0.25) is 5.79 Å². The first-order valence-corrected chi connectivity index (χ1v) is 24.9. The van der Waals surface area contributed by atoms with Crippen LogP contribution in [0.3, 0.4) is 0 Å². The van der Waals surface area contributed by atoms with E-state index in [-0.39, 0.29) is 55.6 Å². The van der Waals surface area contributed by atoms with Crippen LogP contribution in [0.25, 0.3) is 10.9 Å². The molecule has 15 unspecified atom stereocenters. The number of methoxy groups -OCH3 is 3. The summed E-state index contributed by atoms with van der Waals surface area (Å²) in [4.78, 5) is 61.8. The standard InChI is InChI=1S/C53H78N2O13/c1-11-36-21-29(2)20-30(3)22-46(64-9)49-47(65-10)24-32(5)53(62,68-49)50(59)51(60)55-19-13-12-14-41(55)52(61)67-48(33(6)42(57)28-43(36)58)31(4)23-35-15-18-44(45(25-35)63-8)66-38-17-16-37-26-39(34(7)56)54-40(37)27-38/h16-17,21,23,26-27,30,32-36,41-42,44-49,54,56-57,62H,11-15,18-20,22,24-25,28H2,1-10H3/b29-21+,31-23?. The quantitative estimate of drug-likeness (QED) is 0.113. The zero-order chi connectivity index (χ0) is 49.6. The van der Waals surface area contributed by atoms with Gasteiger partial charge in [0.25, 0.3) is 11.7 Å². The number of allylic oxidation sites excluding steroid dienone is 3. The number of rotatable bonds is 9. The number of hydrogen-bond donors (Lipinski definition) is 4. The summed E-state index contributed by atoms with van der Waals surface area (Å²) in [5.41, 5.74) is 3.24. The maximum absolute atomic E-state index is 14.6. The number of piperidine rings is 1. The highest BCUT2D eigenvalue weighted by Crippen LogP contribution is 2.40. The largest absolute Gasteiger partial charge is 0.488 e. The van der Waals surface area contributed by atoms with E-state index in [1.54, 1.807) is 27.9 Å². The first-order valence-electron chi connectivity index (χ1n) is 24.9. The highest BCUT2D eigenvalue weighted by atomic mass is 16.7. The van der Waals surface area contributed by atoms with Crippen molar-refractivity contribution in [1.29, 1.82) is 0 Å². The number of esters is 1. The molecule has 15 atom stereocenters. The molecule has 4 heterocycles. The van der Waals surface area contributed by atoms with E-state index in [0.717, 1.165) is 28.6 Å². The monoisotopic (exact) mass is 951 g/mol. The Bertz CT molecular complexity index is 2130. The van der Waals surface area contributed by atoms with Gasteiger partial charge in [0.1, 0.15) is 35.9 Å². The Morgan fingerprint density at radius 1 is 0.941 bits per heavy atom. The van der Waals surface area contributed by atoms with Crippen molar-refractivity contribution in [2.75, 3.05) is 27.9 Å². The molecule has 2 bridgehead atoms. The van der Waals surface area contributed by atoms with Gasteiger partial charge in [-0.15, -0.1) is 0 Å². The number of aliphatic hydroxyl groups is 3. The number of nitrogens with one attached hydrogen (secondary N) is 1. The van der Waals surface area contributed by atoms with Crippen molar-refractivity contribution in [2.45, 2.75) is 180 Å². The third kappa shape index (κ3) is 12.1. The summed E-state index contributed by atoms with van der Waals surface area (Å²) < 4.78 is 37.0. The average Bonchev–Trinajstić information content (AvgIpc) is 3.76. The lowest BCUT2D eigenvalue weighted by Crippen LogP contribution is -2.64. The molecular weight excluding hydrogens is 873 g/mol. The second kappa shape index (κ2) is 23.3. The minimum absolute atomic E-state index is 0.0167. The van der Waals surface area contributed by atoms with Crippen LogP contribution in [-0.4, -0.2) is 131 Å². The van der Waals surface area contributed by atoms with Gasteiger partial charge < -0.3 is 53.6 Å². The summed E-state index contributed by atoms with van der Waals surface area (Å²) in [5, 5.41) is 35.1. The Hall–Kier alpha value is -3.96. The first-order chi connectivity index (χ1) is 32.3. The maximum Gasteiger partial charge on any atom is 0.329 e. The molecule has 1 amide bonds. The molecule has 3 aliphatic heterocycles. The number of amides is 1. The van der Waals surface area contributed by atoms with Crippen molar-refractivity contribution in [3.63, 3.8) is 0 Å². The van der Waals surface area contributed by atoms with Crippen molar-refractivity contribution < 1.29 is 62.9 Å². The predicted molar refractivity (Wildman–Crippen MR) is 255 cm³/mol. The van der Waals surface area contributed by atoms with E-state index < -0.39 is 83.9 Å². The lowest BCUT2D eigenvalue weighted by Gasteiger charge is -2.47. The second-order valence-corrected chi connectivity index (χ2v) is 20.4. The van der Waals surface area contributed by atoms with Gasteiger partial charge in [-0.25, -0.2) is 4.79 Å². The molecule has 68 heavy (non-hydrogen) atoms. The normalized spacial score (nSPS) is 36.8. The van der Waals surface area contributed by atoms with Crippen LogP contribution in [0, 0.1) is 29.6 Å². The highest BCUT2D eigenvalue weighted by molar-refractivity contribution is 6.39. The third-order valence-corrected chi connectivity index (χ3v) is 15.2. The molecule has 15 nitrogen and oxygen atoms in total. The number of cyclic esters (lactones) is 1. The van der Waals surface area contributed by atoms with Crippen LogP contribution in [0.5, 0.6) is 5.75 Å². The molecule has 3 fully saturated rings. The molecule has 2 saturated heterocycles. The number of carbonyl (C=O) groups is 4. The van der Waals surface area contributed by atoms with E-state index in [4.69, 9.17) is 28.4 Å². The number of fused-ring (bicyclic) bond motifs is 4. The highest BCUT2D eigenvalue weighted by Gasteiger charge is 2.56. The summed E-state index contributed by atoms with van der Waals surface area (Å²) in [6, 6.07) is 6.55. The number of aliphatic hydroxyl groups excluding tert-OH is 2. The van der Waals surface area contributed by atoms with Gasteiger partial charge >= 0.3 is 5.97 Å². The number of aromatic nitrogens is 1. The van der Waals surface area contributed by atoms with Gasteiger partial charge in [0.15, 0.2) is 0 Å². The number of benzene rings is 1. The lowest BCUT2D eigenvalue weighted by atomic mass is 9.81. The number of Topliss-reactive ketones (excluding diaryl/α,β-unsaturated/α-hetero) is 2. The second-order valence-electron chi connectivity index (χ2n) is 20.4. The van der Waals surface area contributed by atoms with E-state index in [1.807, 2.05) is 51.1 Å². The minimum atomic E-state index is -2.52. The van der Waals surface area contributed by atoms with Crippen molar-refractivity contribution in [3.05, 3.63) is 53.3 Å². The number of aromatic amines is 1. The summed E-state index contributed by atoms with van der Waals surface area (Å²) in [7, 11) is 4.73. The van der Waals surface area contributed by atoms with Gasteiger partial charge in [0.05, 0.1) is 30.5 Å². The van der Waals surface area contributed by atoms with Gasteiger partial charge in [0, 0.05) is 74.7 Å². The molecular formula is C53H78N2O13. The summed E-state index contributed by atoms with van der Waals surface area (Å²) >= 11 is 0. The van der Waals surface area contributed by atoms with Gasteiger partial charge in [-0.3, -0.25) is 14.4 Å². The van der Waals surface area contributed by atoms with Crippen LogP contribution in [0.15, 0.2) is 47.6 Å².